The Morgan fingerprint density at radius 1 is 1.50 bits per heavy atom. The van der Waals surface area contributed by atoms with E-state index in [4.69, 9.17) is 5.11 Å². The molecule has 1 atom stereocenters. The lowest BCUT2D eigenvalue weighted by atomic mass is 10.1. The number of rotatable bonds is 4. The number of thiophene rings is 1. The zero-order valence-electron chi connectivity index (χ0n) is 10.9. The molecule has 1 aliphatic heterocycles. The van der Waals surface area contributed by atoms with Gasteiger partial charge < -0.3 is 10.4 Å². The number of carbonyl (C=O) groups is 2. The summed E-state index contributed by atoms with van der Waals surface area (Å²) in [5.41, 5.74) is 0.0693. The number of anilines is 1. The highest BCUT2D eigenvalue weighted by Crippen LogP contribution is 2.28. The van der Waals surface area contributed by atoms with Crippen LogP contribution in [-0.4, -0.2) is 36.9 Å². The minimum Gasteiger partial charge on any atom is -0.478 e. The summed E-state index contributed by atoms with van der Waals surface area (Å²) >= 11 is 1.20. The lowest BCUT2D eigenvalue weighted by Gasteiger charge is -2.08. The van der Waals surface area contributed by atoms with Crippen LogP contribution in [-0.2, 0) is 14.6 Å². The van der Waals surface area contributed by atoms with Crippen LogP contribution in [0.1, 0.15) is 28.1 Å². The molecule has 0 saturated carbocycles. The number of carboxylic acid groups (broad SMARTS) is 1. The summed E-state index contributed by atoms with van der Waals surface area (Å²) in [4.78, 5) is 23.7. The average molecular weight is 317 g/mol. The highest BCUT2D eigenvalue weighted by Gasteiger charge is 2.29. The summed E-state index contributed by atoms with van der Waals surface area (Å²) in [6.07, 6.45) is 0.597. The smallest absolute Gasteiger partial charge is 0.338 e. The maximum absolute atomic E-state index is 11.9. The zero-order valence-corrected chi connectivity index (χ0v) is 12.5. The van der Waals surface area contributed by atoms with Crippen LogP contribution >= 0.6 is 11.3 Å². The predicted octanol–water partition coefficient (Wildman–Crippen LogP) is 1.52. The molecule has 0 spiro atoms. The fraction of sp³-hybridized carbons (Fsp3) is 0.500. The molecule has 0 bridgehead atoms. The fourth-order valence-electron chi connectivity index (χ4n) is 2.24. The van der Waals surface area contributed by atoms with Gasteiger partial charge in [-0.2, -0.15) is 0 Å². The molecular weight excluding hydrogens is 302 g/mol. The summed E-state index contributed by atoms with van der Waals surface area (Å²) < 4.78 is 22.6. The number of carbonyl (C=O) groups excluding carboxylic acids is 1. The topological polar surface area (TPSA) is 101 Å². The van der Waals surface area contributed by atoms with Crippen molar-refractivity contribution in [2.45, 2.75) is 19.8 Å². The molecule has 1 aromatic rings. The number of amides is 1. The van der Waals surface area contributed by atoms with Gasteiger partial charge in [-0.1, -0.05) is 0 Å². The SMILES string of the molecule is Cc1cc(C(=O)O)c(NC(=O)CC2CCS(=O)(=O)C2)s1. The first kappa shape index (κ1) is 15.0. The molecule has 2 rings (SSSR count). The number of hydrogen-bond acceptors (Lipinski definition) is 5. The van der Waals surface area contributed by atoms with Gasteiger partial charge in [-0.25, -0.2) is 13.2 Å². The molecule has 1 saturated heterocycles. The van der Waals surface area contributed by atoms with Crippen LogP contribution in [0.4, 0.5) is 5.00 Å². The van der Waals surface area contributed by atoms with E-state index < -0.39 is 15.8 Å². The van der Waals surface area contributed by atoms with E-state index in [2.05, 4.69) is 5.32 Å². The molecule has 1 aliphatic rings. The van der Waals surface area contributed by atoms with Crippen LogP contribution in [0.3, 0.4) is 0 Å². The van der Waals surface area contributed by atoms with E-state index in [1.54, 1.807) is 6.92 Å². The minimum absolute atomic E-state index is 0.0374. The monoisotopic (exact) mass is 317 g/mol. The van der Waals surface area contributed by atoms with Gasteiger partial charge in [0.05, 0.1) is 17.1 Å². The third-order valence-corrected chi connectivity index (χ3v) is 5.94. The molecule has 0 aromatic carbocycles. The first-order chi connectivity index (χ1) is 9.27. The van der Waals surface area contributed by atoms with Crippen LogP contribution in [0.15, 0.2) is 6.07 Å². The highest BCUT2D eigenvalue weighted by atomic mass is 32.2. The summed E-state index contributed by atoms with van der Waals surface area (Å²) in [5.74, 6) is -1.43. The van der Waals surface area contributed by atoms with Gasteiger partial charge in [0.1, 0.15) is 5.00 Å². The Hall–Kier alpha value is -1.41. The number of aromatic carboxylic acids is 1. The number of nitrogens with one attached hydrogen (secondary N) is 1. The normalized spacial score (nSPS) is 20.8. The van der Waals surface area contributed by atoms with Crippen LogP contribution in [0.2, 0.25) is 0 Å². The molecule has 1 amide bonds. The molecule has 6 nitrogen and oxygen atoms in total. The Kier molecular flexibility index (Phi) is 4.14. The van der Waals surface area contributed by atoms with Crippen molar-refractivity contribution in [2.24, 2.45) is 5.92 Å². The van der Waals surface area contributed by atoms with Crippen molar-refractivity contribution in [3.05, 3.63) is 16.5 Å². The minimum atomic E-state index is -3.00. The second-order valence-electron chi connectivity index (χ2n) is 4.93. The number of aryl methyl sites for hydroxylation is 1. The van der Waals surface area contributed by atoms with Crippen molar-refractivity contribution in [2.75, 3.05) is 16.8 Å². The van der Waals surface area contributed by atoms with Gasteiger partial charge in [0, 0.05) is 11.3 Å². The quantitative estimate of drug-likeness (QED) is 0.877. The maximum atomic E-state index is 11.9. The second-order valence-corrected chi connectivity index (χ2v) is 8.41. The Bertz CT molecular complexity index is 647. The van der Waals surface area contributed by atoms with Crippen molar-refractivity contribution in [1.29, 1.82) is 0 Å². The molecule has 1 fully saturated rings. The average Bonchev–Trinajstić information content (AvgIpc) is 2.82. The van der Waals surface area contributed by atoms with Crippen LogP contribution in [0.25, 0.3) is 0 Å². The first-order valence-electron chi connectivity index (χ1n) is 6.11. The second kappa shape index (κ2) is 5.53. The predicted molar refractivity (Wildman–Crippen MR) is 76.0 cm³/mol. The molecule has 0 aliphatic carbocycles. The lowest BCUT2D eigenvalue weighted by Crippen LogP contribution is -2.18. The Morgan fingerprint density at radius 3 is 2.75 bits per heavy atom. The van der Waals surface area contributed by atoms with Crippen LogP contribution in [0, 0.1) is 12.8 Å². The molecule has 2 N–H and O–H groups in total. The van der Waals surface area contributed by atoms with Gasteiger partial charge in [-0.3, -0.25) is 4.79 Å². The molecule has 20 heavy (non-hydrogen) atoms. The van der Waals surface area contributed by atoms with Crippen LogP contribution < -0.4 is 5.32 Å². The van der Waals surface area contributed by atoms with E-state index in [1.165, 1.54) is 17.4 Å². The van der Waals surface area contributed by atoms with Crippen molar-refractivity contribution in [3.63, 3.8) is 0 Å². The van der Waals surface area contributed by atoms with Crippen LogP contribution in [0.5, 0.6) is 0 Å². The first-order valence-corrected chi connectivity index (χ1v) is 8.74. The summed E-state index contributed by atoms with van der Waals surface area (Å²) in [7, 11) is -3.00. The van der Waals surface area contributed by atoms with E-state index in [0.717, 1.165) is 4.88 Å². The van der Waals surface area contributed by atoms with Gasteiger partial charge in [-0.05, 0) is 25.3 Å². The number of carboxylic acids is 1. The molecule has 110 valence electrons. The number of hydrogen-bond donors (Lipinski definition) is 2. The summed E-state index contributed by atoms with van der Waals surface area (Å²) in [6.45, 7) is 1.76. The third kappa shape index (κ3) is 3.57. The van der Waals surface area contributed by atoms with Gasteiger partial charge in [0.25, 0.3) is 0 Å². The van der Waals surface area contributed by atoms with E-state index >= 15 is 0 Å². The Balaban J connectivity index is 2.00. The standard InChI is InChI=1S/C12H15NO5S2/c1-7-4-9(12(15)16)11(19-7)13-10(14)5-8-2-3-20(17,18)6-8/h4,8H,2-3,5-6H2,1H3,(H,13,14)(H,15,16). The van der Waals surface area contributed by atoms with E-state index in [9.17, 15) is 18.0 Å². The van der Waals surface area contributed by atoms with Crippen molar-refractivity contribution < 1.29 is 23.1 Å². The highest BCUT2D eigenvalue weighted by molar-refractivity contribution is 7.91. The van der Waals surface area contributed by atoms with Crippen molar-refractivity contribution in [3.8, 4) is 0 Å². The molecule has 2 heterocycles. The maximum Gasteiger partial charge on any atom is 0.338 e. The van der Waals surface area contributed by atoms with Crippen molar-refractivity contribution in [1.82, 2.24) is 0 Å². The van der Waals surface area contributed by atoms with Gasteiger partial charge >= 0.3 is 5.97 Å². The van der Waals surface area contributed by atoms with Gasteiger partial charge in [0.2, 0.25) is 5.91 Å². The Morgan fingerprint density at radius 2 is 2.20 bits per heavy atom. The lowest BCUT2D eigenvalue weighted by molar-refractivity contribution is -0.116. The fourth-order valence-corrected chi connectivity index (χ4v) is 5.02. The van der Waals surface area contributed by atoms with Gasteiger partial charge in [0.15, 0.2) is 9.84 Å². The molecule has 8 heteroatoms. The summed E-state index contributed by atoms with van der Waals surface area (Å²) in [6, 6.07) is 1.50. The van der Waals surface area contributed by atoms with Crippen molar-refractivity contribution >= 4 is 38.1 Å². The Labute approximate surface area is 120 Å². The molecule has 1 unspecified atom stereocenters. The van der Waals surface area contributed by atoms with E-state index in [0.29, 0.717) is 11.4 Å². The largest absolute Gasteiger partial charge is 0.478 e. The summed E-state index contributed by atoms with van der Waals surface area (Å²) in [5, 5.41) is 11.9. The number of sulfone groups is 1. The molecular formula is C12H15NO5S2. The molecule has 1 aromatic heterocycles. The molecule has 0 radical (unpaired) electrons. The van der Waals surface area contributed by atoms with Gasteiger partial charge in [-0.15, -0.1) is 11.3 Å². The van der Waals surface area contributed by atoms with E-state index in [1.807, 2.05) is 0 Å². The van der Waals surface area contributed by atoms with E-state index in [-0.39, 0.29) is 35.3 Å². The third-order valence-electron chi connectivity index (χ3n) is 3.14. The zero-order chi connectivity index (χ0) is 14.9.